The molecule has 1 aliphatic heterocycles. The molecular formula is C32H35F3N6O. The molecule has 0 radical (unpaired) electrons. The normalized spacial score (nSPS) is 15.5. The van der Waals surface area contributed by atoms with Crippen molar-refractivity contribution in [3.8, 4) is 5.75 Å². The zero-order valence-corrected chi connectivity index (χ0v) is 23.9. The lowest BCUT2D eigenvalue weighted by Crippen LogP contribution is -2.47. The number of nitrogens with zero attached hydrogens (tertiary/aromatic N) is 5. The van der Waals surface area contributed by atoms with E-state index in [2.05, 4.69) is 63.1 Å². The van der Waals surface area contributed by atoms with E-state index in [1.807, 2.05) is 30.3 Å². The summed E-state index contributed by atoms with van der Waals surface area (Å²) in [5.74, 6) is 1.32. The number of anilines is 1. The van der Waals surface area contributed by atoms with Crippen LogP contribution >= 0.6 is 0 Å². The molecule has 0 bridgehead atoms. The van der Waals surface area contributed by atoms with Crippen molar-refractivity contribution in [3.63, 3.8) is 0 Å². The third kappa shape index (κ3) is 7.88. The molecule has 10 heteroatoms. The molecule has 220 valence electrons. The number of benzene rings is 2. The molecule has 1 aliphatic rings. The Morgan fingerprint density at radius 1 is 0.952 bits per heavy atom. The quantitative estimate of drug-likeness (QED) is 0.240. The maximum absolute atomic E-state index is 12.7. The molecule has 1 fully saturated rings. The Labute approximate surface area is 244 Å². The second-order valence-corrected chi connectivity index (χ2v) is 10.7. The van der Waals surface area contributed by atoms with Crippen LogP contribution in [0.2, 0.25) is 0 Å². The van der Waals surface area contributed by atoms with E-state index in [-0.39, 0.29) is 11.8 Å². The molecule has 2 heterocycles. The zero-order valence-electron chi connectivity index (χ0n) is 23.9. The smallest absolute Gasteiger partial charge is 0.406 e. The van der Waals surface area contributed by atoms with Crippen LogP contribution in [0.4, 0.5) is 19.0 Å². The van der Waals surface area contributed by atoms with Gasteiger partial charge >= 0.3 is 6.36 Å². The molecule has 1 unspecified atom stereocenters. The summed E-state index contributed by atoms with van der Waals surface area (Å²) < 4.78 is 42.2. The third-order valence-electron chi connectivity index (χ3n) is 7.26. The van der Waals surface area contributed by atoms with E-state index in [4.69, 9.17) is 9.97 Å². The fourth-order valence-electron chi connectivity index (χ4n) is 5.29. The van der Waals surface area contributed by atoms with Crippen molar-refractivity contribution in [1.29, 1.82) is 0 Å². The number of aromatic nitrogens is 2. The predicted octanol–water partition coefficient (Wildman–Crippen LogP) is 5.40. The fourth-order valence-corrected chi connectivity index (χ4v) is 5.29. The molecule has 42 heavy (non-hydrogen) atoms. The highest BCUT2D eigenvalue weighted by molar-refractivity contribution is 5.87. The van der Waals surface area contributed by atoms with Gasteiger partial charge in [-0.25, -0.2) is 9.97 Å². The second-order valence-electron chi connectivity index (χ2n) is 10.7. The van der Waals surface area contributed by atoms with E-state index in [1.54, 1.807) is 12.1 Å². The number of ether oxygens (including phenoxy) is 1. The molecular weight excluding hydrogens is 541 g/mol. The molecule has 7 nitrogen and oxygen atoms in total. The lowest BCUT2D eigenvalue weighted by molar-refractivity contribution is -0.274. The number of piperazine rings is 1. The van der Waals surface area contributed by atoms with Gasteiger partial charge in [-0.1, -0.05) is 54.6 Å². The van der Waals surface area contributed by atoms with Crippen LogP contribution in [0.3, 0.4) is 0 Å². The Bertz CT molecular complexity index is 1420. The molecule has 1 atom stereocenters. The summed E-state index contributed by atoms with van der Waals surface area (Å²) in [7, 11) is 4.12. The van der Waals surface area contributed by atoms with E-state index in [0.717, 1.165) is 79.4 Å². The summed E-state index contributed by atoms with van der Waals surface area (Å²) in [6, 6.07) is 26.1. The summed E-state index contributed by atoms with van der Waals surface area (Å²) >= 11 is 0. The van der Waals surface area contributed by atoms with E-state index in [1.165, 1.54) is 12.1 Å². The van der Waals surface area contributed by atoms with Gasteiger partial charge in [-0.3, -0.25) is 9.80 Å². The van der Waals surface area contributed by atoms with Crippen LogP contribution in [0.15, 0.2) is 66.7 Å². The lowest BCUT2D eigenvalue weighted by Gasteiger charge is -2.39. The van der Waals surface area contributed by atoms with Crippen molar-refractivity contribution in [2.24, 2.45) is 0 Å². The Morgan fingerprint density at radius 2 is 1.67 bits per heavy atom. The second kappa shape index (κ2) is 13.4. The molecule has 0 spiro atoms. The Morgan fingerprint density at radius 3 is 2.36 bits per heavy atom. The average Bonchev–Trinajstić information content (AvgIpc) is 2.97. The van der Waals surface area contributed by atoms with Crippen LogP contribution in [-0.2, 0) is 6.54 Å². The zero-order chi connectivity index (χ0) is 29.5. The van der Waals surface area contributed by atoms with Crippen LogP contribution in [-0.4, -0.2) is 84.4 Å². The highest BCUT2D eigenvalue weighted by atomic mass is 19.4. The molecule has 0 amide bonds. The first-order valence-electron chi connectivity index (χ1n) is 14.1. The van der Waals surface area contributed by atoms with Gasteiger partial charge in [-0.15, -0.1) is 13.2 Å². The van der Waals surface area contributed by atoms with Crippen LogP contribution in [0.5, 0.6) is 5.75 Å². The third-order valence-corrected chi connectivity index (χ3v) is 7.26. The Kier molecular flexibility index (Phi) is 9.42. The van der Waals surface area contributed by atoms with Gasteiger partial charge in [-0.2, -0.15) is 0 Å². The van der Waals surface area contributed by atoms with Gasteiger partial charge < -0.3 is 15.0 Å². The largest absolute Gasteiger partial charge is 0.573 e. The van der Waals surface area contributed by atoms with Crippen LogP contribution in [0, 0.1) is 12.1 Å². The number of hydrogen-bond acceptors (Lipinski definition) is 7. The molecule has 4 aromatic rings. The van der Waals surface area contributed by atoms with Crippen molar-refractivity contribution in [1.82, 2.24) is 24.7 Å². The number of halogens is 3. The predicted molar refractivity (Wildman–Crippen MR) is 157 cm³/mol. The molecule has 3 aromatic carbocycles. The van der Waals surface area contributed by atoms with Crippen molar-refractivity contribution >= 4 is 16.7 Å². The number of alkyl halides is 3. The molecule has 1 aromatic heterocycles. The highest BCUT2D eigenvalue weighted by Crippen LogP contribution is 2.32. The van der Waals surface area contributed by atoms with Crippen molar-refractivity contribution in [3.05, 3.63) is 95.8 Å². The first-order valence-corrected chi connectivity index (χ1v) is 14.1. The Balaban J connectivity index is 1.27. The first kappa shape index (κ1) is 29.6. The van der Waals surface area contributed by atoms with E-state index in [9.17, 15) is 13.2 Å². The number of fused-ring (bicyclic) bond motifs is 1. The number of nitrogens with one attached hydrogen (secondary N) is 1. The SMILES string of the molecule is CN(C)CCCNc1nc(CN2CCN(C(c3ccccc3)c3ccc(OC(F)(F)F)cc3)CC2)nc2ccc#cc12. The van der Waals surface area contributed by atoms with Crippen molar-refractivity contribution in [2.75, 3.05) is 58.7 Å². The molecule has 0 saturated carbocycles. The van der Waals surface area contributed by atoms with E-state index < -0.39 is 6.36 Å². The standard InChI is InChI=1S/C32H35F3N6O/c1-39(2)18-8-17-36-31-27-11-6-7-12-28(27)37-29(38-31)23-40-19-21-41(22-20-40)30(24-9-4-3-5-10-24)25-13-15-26(16-14-25)42-32(33,34)35/h3-5,7,9-10,12-16,30H,8,17-23H2,1-2H3,(H,36,37,38). The van der Waals surface area contributed by atoms with E-state index >= 15 is 0 Å². The Hall–Kier alpha value is -3.91. The number of hydrogen-bond donors (Lipinski definition) is 1. The average molecular weight is 577 g/mol. The van der Waals surface area contributed by atoms with Crippen LogP contribution < -0.4 is 10.1 Å². The molecule has 0 aliphatic carbocycles. The minimum absolute atomic E-state index is 0.0880. The van der Waals surface area contributed by atoms with Gasteiger partial charge in [0.1, 0.15) is 17.4 Å². The van der Waals surface area contributed by atoms with Crippen LogP contribution in [0.1, 0.15) is 29.4 Å². The maximum Gasteiger partial charge on any atom is 0.573 e. The van der Waals surface area contributed by atoms with Crippen molar-refractivity contribution in [2.45, 2.75) is 25.4 Å². The lowest BCUT2D eigenvalue weighted by atomic mass is 9.96. The van der Waals surface area contributed by atoms with Gasteiger partial charge in [0.25, 0.3) is 0 Å². The summed E-state index contributed by atoms with van der Waals surface area (Å²) in [6.45, 7) is 5.58. The van der Waals surface area contributed by atoms with Crippen molar-refractivity contribution < 1.29 is 17.9 Å². The minimum Gasteiger partial charge on any atom is -0.406 e. The molecule has 1 N–H and O–H groups in total. The summed E-state index contributed by atoms with van der Waals surface area (Å²) in [4.78, 5) is 16.5. The topological polar surface area (TPSA) is 56.8 Å². The fraction of sp³-hybridized carbons (Fsp3) is 0.375. The van der Waals surface area contributed by atoms with Crippen LogP contribution in [0.25, 0.3) is 10.9 Å². The number of rotatable bonds is 11. The minimum atomic E-state index is -4.72. The monoisotopic (exact) mass is 576 g/mol. The summed E-state index contributed by atoms with van der Waals surface area (Å²) in [6.07, 6.45) is -3.72. The highest BCUT2D eigenvalue weighted by Gasteiger charge is 2.31. The first-order chi connectivity index (χ1) is 20.2. The van der Waals surface area contributed by atoms with Gasteiger partial charge in [0.15, 0.2) is 0 Å². The maximum atomic E-state index is 12.7. The van der Waals surface area contributed by atoms with Gasteiger partial charge in [0.2, 0.25) is 0 Å². The molecule has 5 rings (SSSR count). The summed E-state index contributed by atoms with van der Waals surface area (Å²) in [5, 5.41) is 4.31. The van der Waals surface area contributed by atoms with Gasteiger partial charge in [0.05, 0.1) is 23.5 Å². The summed E-state index contributed by atoms with van der Waals surface area (Å²) in [5.41, 5.74) is 2.85. The van der Waals surface area contributed by atoms with Gasteiger partial charge in [-0.05, 0) is 62.5 Å². The van der Waals surface area contributed by atoms with Gasteiger partial charge in [0, 0.05) is 32.7 Å². The van der Waals surface area contributed by atoms with E-state index in [0.29, 0.717) is 6.54 Å². The molecule has 1 saturated heterocycles.